The molecule has 0 aliphatic carbocycles. The number of hydrogen-bond acceptors (Lipinski definition) is 2. The van der Waals surface area contributed by atoms with Gasteiger partial charge < -0.3 is 9.64 Å². The maximum absolute atomic E-state index is 12.0. The van der Waals surface area contributed by atoms with Gasteiger partial charge in [0.2, 0.25) is 0 Å². The van der Waals surface area contributed by atoms with E-state index in [1.54, 1.807) is 19.0 Å². The predicted octanol–water partition coefficient (Wildman–Crippen LogP) is 1.52. The highest BCUT2D eigenvalue weighted by molar-refractivity contribution is 4.67. The summed E-state index contributed by atoms with van der Waals surface area (Å²) >= 11 is 0. The minimum Gasteiger partial charge on any atom is -0.372 e. The first-order chi connectivity index (χ1) is 5.38. The summed E-state index contributed by atoms with van der Waals surface area (Å²) < 4.78 is 40.4. The molecule has 0 saturated heterocycles. The number of halogens is 3. The highest BCUT2D eigenvalue weighted by atomic mass is 19.4. The van der Waals surface area contributed by atoms with Crippen LogP contribution >= 0.6 is 0 Å². The van der Waals surface area contributed by atoms with E-state index in [2.05, 4.69) is 4.74 Å². The summed E-state index contributed by atoms with van der Waals surface area (Å²) in [7, 11) is 4.53. The quantitative estimate of drug-likeness (QED) is 0.658. The van der Waals surface area contributed by atoms with E-state index in [1.165, 1.54) is 0 Å². The van der Waals surface area contributed by atoms with E-state index in [0.29, 0.717) is 6.54 Å². The number of alkyl halides is 3. The lowest BCUT2D eigenvalue weighted by Gasteiger charge is -2.20. The van der Waals surface area contributed by atoms with Gasteiger partial charge in [-0.2, -0.15) is 13.2 Å². The van der Waals surface area contributed by atoms with Crippen LogP contribution < -0.4 is 0 Å². The second-order valence-corrected chi connectivity index (χ2v) is 2.86. The maximum atomic E-state index is 12.0. The SMILES string of the molecule is COC(CCN(C)C)C(F)(F)F. The van der Waals surface area contributed by atoms with Crippen molar-refractivity contribution in [2.24, 2.45) is 0 Å². The fourth-order valence-corrected chi connectivity index (χ4v) is 0.791. The number of nitrogens with zero attached hydrogens (tertiary/aromatic N) is 1. The Kier molecular flexibility index (Phi) is 4.55. The third kappa shape index (κ3) is 4.56. The zero-order valence-electron chi connectivity index (χ0n) is 7.48. The summed E-state index contributed by atoms with van der Waals surface area (Å²) in [5.41, 5.74) is 0. The first-order valence-corrected chi connectivity index (χ1v) is 3.62. The highest BCUT2D eigenvalue weighted by Gasteiger charge is 2.39. The number of rotatable bonds is 4. The van der Waals surface area contributed by atoms with Crippen LogP contribution in [0.2, 0.25) is 0 Å². The fraction of sp³-hybridized carbons (Fsp3) is 1.00. The van der Waals surface area contributed by atoms with E-state index in [-0.39, 0.29) is 6.42 Å². The van der Waals surface area contributed by atoms with Gasteiger partial charge in [-0.3, -0.25) is 0 Å². The lowest BCUT2D eigenvalue weighted by atomic mass is 10.2. The molecule has 0 amide bonds. The summed E-state index contributed by atoms with van der Waals surface area (Å²) in [6, 6.07) is 0. The normalized spacial score (nSPS) is 15.2. The molecule has 0 radical (unpaired) electrons. The predicted molar refractivity (Wildman–Crippen MR) is 40.0 cm³/mol. The summed E-state index contributed by atoms with van der Waals surface area (Å²) in [5, 5.41) is 0. The van der Waals surface area contributed by atoms with Gasteiger partial charge in [0, 0.05) is 13.7 Å². The van der Waals surface area contributed by atoms with Gasteiger partial charge in [0.25, 0.3) is 0 Å². The van der Waals surface area contributed by atoms with Crippen LogP contribution in [0.3, 0.4) is 0 Å². The van der Waals surface area contributed by atoms with Crippen molar-refractivity contribution in [2.75, 3.05) is 27.7 Å². The van der Waals surface area contributed by atoms with E-state index in [0.717, 1.165) is 7.11 Å². The Hall–Kier alpha value is -0.290. The molecule has 0 aromatic carbocycles. The smallest absolute Gasteiger partial charge is 0.372 e. The molecule has 0 aliphatic heterocycles. The molecule has 2 nitrogen and oxygen atoms in total. The van der Waals surface area contributed by atoms with Crippen molar-refractivity contribution in [3.05, 3.63) is 0 Å². The van der Waals surface area contributed by atoms with Crippen LogP contribution in [0.1, 0.15) is 6.42 Å². The van der Waals surface area contributed by atoms with E-state index in [4.69, 9.17) is 0 Å². The molecule has 74 valence electrons. The molecule has 0 fully saturated rings. The maximum Gasteiger partial charge on any atom is 0.414 e. The second kappa shape index (κ2) is 4.67. The minimum absolute atomic E-state index is 0.0208. The van der Waals surface area contributed by atoms with Crippen molar-refractivity contribution < 1.29 is 17.9 Å². The van der Waals surface area contributed by atoms with Crippen molar-refractivity contribution in [3.8, 4) is 0 Å². The third-order valence-electron chi connectivity index (χ3n) is 1.49. The molecule has 1 atom stereocenters. The summed E-state index contributed by atoms with van der Waals surface area (Å²) in [4.78, 5) is 1.69. The molecule has 0 heterocycles. The molecule has 12 heavy (non-hydrogen) atoms. The summed E-state index contributed by atoms with van der Waals surface area (Å²) in [5.74, 6) is 0. The van der Waals surface area contributed by atoms with Gasteiger partial charge >= 0.3 is 6.18 Å². The molecule has 0 aromatic rings. The molecule has 0 saturated carbocycles. The van der Waals surface area contributed by atoms with Crippen LogP contribution in [0.15, 0.2) is 0 Å². The van der Waals surface area contributed by atoms with Crippen molar-refractivity contribution in [1.82, 2.24) is 4.90 Å². The molecule has 0 N–H and O–H groups in total. The van der Waals surface area contributed by atoms with Crippen molar-refractivity contribution in [3.63, 3.8) is 0 Å². The molecule has 0 aliphatic rings. The van der Waals surface area contributed by atoms with Crippen molar-refractivity contribution >= 4 is 0 Å². The Morgan fingerprint density at radius 1 is 1.33 bits per heavy atom. The van der Waals surface area contributed by atoms with Crippen LogP contribution in [-0.2, 0) is 4.74 Å². The molecule has 1 unspecified atom stereocenters. The van der Waals surface area contributed by atoms with Crippen LogP contribution in [0.25, 0.3) is 0 Å². The molecular weight excluding hydrogens is 171 g/mol. The standard InChI is InChI=1S/C7H14F3NO/c1-11(2)5-4-6(12-3)7(8,9)10/h6H,4-5H2,1-3H3. The van der Waals surface area contributed by atoms with Crippen LogP contribution in [0.5, 0.6) is 0 Å². The number of methoxy groups -OCH3 is 1. The number of ether oxygens (including phenoxy) is 1. The van der Waals surface area contributed by atoms with Gasteiger partial charge in [-0.25, -0.2) is 0 Å². The zero-order chi connectivity index (χ0) is 9.78. The highest BCUT2D eigenvalue weighted by Crippen LogP contribution is 2.24. The molecule has 0 aromatic heterocycles. The van der Waals surface area contributed by atoms with Gasteiger partial charge in [0.15, 0.2) is 6.10 Å². The molecule has 0 rings (SSSR count). The number of hydrogen-bond donors (Lipinski definition) is 0. The van der Waals surface area contributed by atoms with Gasteiger partial charge in [0.05, 0.1) is 0 Å². The van der Waals surface area contributed by atoms with E-state index >= 15 is 0 Å². The van der Waals surface area contributed by atoms with Gasteiger partial charge in [-0.05, 0) is 20.5 Å². The Bertz CT molecular complexity index is 124. The second-order valence-electron chi connectivity index (χ2n) is 2.86. The first kappa shape index (κ1) is 11.7. The average molecular weight is 185 g/mol. The van der Waals surface area contributed by atoms with E-state index < -0.39 is 12.3 Å². The minimum atomic E-state index is -4.25. The molecule has 5 heteroatoms. The van der Waals surface area contributed by atoms with Gasteiger partial charge in [-0.15, -0.1) is 0 Å². The van der Waals surface area contributed by atoms with E-state index in [1.807, 2.05) is 0 Å². The van der Waals surface area contributed by atoms with Crippen LogP contribution in [0, 0.1) is 0 Å². The Morgan fingerprint density at radius 3 is 2.08 bits per heavy atom. The topological polar surface area (TPSA) is 12.5 Å². The summed E-state index contributed by atoms with van der Waals surface area (Å²) in [6.45, 7) is 0.373. The van der Waals surface area contributed by atoms with Crippen LogP contribution in [0.4, 0.5) is 13.2 Å². The lowest BCUT2D eigenvalue weighted by Crippen LogP contribution is -2.33. The average Bonchev–Trinajstić information content (AvgIpc) is 1.85. The monoisotopic (exact) mass is 185 g/mol. The Labute approximate surface area is 70.3 Å². The van der Waals surface area contributed by atoms with Crippen LogP contribution in [-0.4, -0.2) is 44.9 Å². The third-order valence-corrected chi connectivity index (χ3v) is 1.49. The molecular formula is C7H14F3NO. The Balaban J connectivity index is 3.84. The first-order valence-electron chi connectivity index (χ1n) is 3.62. The Morgan fingerprint density at radius 2 is 1.83 bits per heavy atom. The largest absolute Gasteiger partial charge is 0.414 e. The van der Waals surface area contributed by atoms with Gasteiger partial charge in [0.1, 0.15) is 0 Å². The lowest BCUT2D eigenvalue weighted by molar-refractivity contribution is -0.214. The van der Waals surface area contributed by atoms with Crippen molar-refractivity contribution in [1.29, 1.82) is 0 Å². The zero-order valence-corrected chi connectivity index (χ0v) is 7.48. The van der Waals surface area contributed by atoms with Crippen molar-refractivity contribution in [2.45, 2.75) is 18.7 Å². The van der Waals surface area contributed by atoms with Gasteiger partial charge in [-0.1, -0.05) is 0 Å². The van der Waals surface area contributed by atoms with E-state index in [9.17, 15) is 13.2 Å². The molecule has 0 bridgehead atoms. The molecule has 0 spiro atoms. The fourth-order valence-electron chi connectivity index (χ4n) is 0.791. The summed E-state index contributed by atoms with van der Waals surface area (Å²) in [6.07, 6.45) is -5.91.